The first kappa shape index (κ1) is 16.4. The van der Waals surface area contributed by atoms with Gasteiger partial charge in [0.25, 0.3) is 0 Å². The van der Waals surface area contributed by atoms with Gasteiger partial charge in [-0.05, 0) is 60.7 Å². The van der Waals surface area contributed by atoms with E-state index in [9.17, 15) is 0 Å². The second kappa shape index (κ2) is 6.41. The standard InChI is InChI=1S/C20H38/c1-6-17-12-9-14-19(4)18(13-15-20(17,19)5)11-8-7-10-16(2)3/h16-18H,6-15H2,1-5H3/t17?,18?,19-,20?/m0/s1. The van der Waals surface area contributed by atoms with Gasteiger partial charge in [0.1, 0.15) is 0 Å². The average Bonchev–Trinajstić information content (AvgIpc) is 2.66. The molecular weight excluding hydrogens is 240 g/mol. The highest BCUT2D eigenvalue weighted by molar-refractivity contribution is 5.07. The van der Waals surface area contributed by atoms with Gasteiger partial charge >= 0.3 is 0 Å². The minimum atomic E-state index is 0.655. The van der Waals surface area contributed by atoms with Crippen LogP contribution < -0.4 is 0 Å². The molecule has 3 unspecified atom stereocenters. The van der Waals surface area contributed by atoms with E-state index < -0.39 is 0 Å². The van der Waals surface area contributed by atoms with Crippen molar-refractivity contribution in [1.29, 1.82) is 0 Å². The normalized spacial score (nSPS) is 41.1. The molecule has 0 aromatic carbocycles. The number of fused-ring (bicyclic) bond motifs is 1. The summed E-state index contributed by atoms with van der Waals surface area (Å²) >= 11 is 0. The third-order valence-corrected chi connectivity index (χ3v) is 7.44. The van der Waals surface area contributed by atoms with Crippen LogP contribution in [-0.2, 0) is 0 Å². The number of hydrogen-bond donors (Lipinski definition) is 0. The fourth-order valence-corrected chi connectivity index (χ4v) is 5.80. The Morgan fingerprint density at radius 3 is 2.30 bits per heavy atom. The molecule has 0 aromatic heterocycles. The molecule has 0 bridgehead atoms. The summed E-state index contributed by atoms with van der Waals surface area (Å²) in [5.41, 5.74) is 1.31. The summed E-state index contributed by atoms with van der Waals surface area (Å²) in [6, 6.07) is 0. The van der Waals surface area contributed by atoms with Crippen LogP contribution in [-0.4, -0.2) is 0 Å². The highest BCUT2D eigenvalue weighted by atomic mass is 14.6. The van der Waals surface area contributed by atoms with E-state index in [0.29, 0.717) is 10.8 Å². The van der Waals surface area contributed by atoms with Crippen LogP contribution in [0.25, 0.3) is 0 Å². The van der Waals surface area contributed by atoms with E-state index in [2.05, 4.69) is 34.6 Å². The predicted octanol–water partition coefficient (Wildman–Crippen LogP) is 6.84. The Morgan fingerprint density at radius 2 is 1.65 bits per heavy atom. The van der Waals surface area contributed by atoms with Gasteiger partial charge in [0.05, 0.1) is 0 Å². The monoisotopic (exact) mass is 278 g/mol. The molecule has 0 aliphatic heterocycles. The number of unbranched alkanes of at least 4 members (excludes halogenated alkanes) is 1. The van der Waals surface area contributed by atoms with Crippen LogP contribution in [0, 0.1) is 28.6 Å². The molecule has 0 saturated heterocycles. The molecule has 20 heavy (non-hydrogen) atoms. The molecule has 2 aliphatic carbocycles. The van der Waals surface area contributed by atoms with Crippen LogP contribution in [0.2, 0.25) is 0 Å². The minimum absolute atomic E-state index is 0.655. The fraction of sp³-hybridized carbons (Fsp3) is 1.00. The van der Waals surface area contributed by atoms with Crippen LogP contribution in [0.1, 0.15) is 98.8 Å². The first-order valence-corrected chi connectivity index (χ1v) is 9.44. The van der Waals surface area contributed by atoms with E-state index in [1.54, 1.807) is 0 Å². The molecule has 4 atom stereocenters. The first-order chi connectivity index (χ1) is 9.44. The predicted molar refractivity (Wildman–Crippen MR) is 89.9 cm³/mol. The lowest BCUT2D eigenvalue weighted by molar-refractivity contribution is -0.0388. The molecule has 0 radical (unpaired) electrons. The van der Waals surface area contributed by atoms with Crippen LogP contribution >= 0.6 is 0 Å². The molecule has 0 N–H and O–H groups in total. The van der Waals surface area contributed by atoms with Crippen molar-refractivity contribution in [3.8, 4) is 0 Å². The summed E-state index contributed by atoms with van der Waals surface area (Å²) in [5.74, 6) is 2.91. The highest BCUT2D eigenvalue weighted by Gasteiger charge is 2.57. The van der Waals surface area contributed by atoms with Crippen molar-refractivity contribution in [3.05, 3.63) is 0 Å². The highest BCUT2D eigenvalue weighted by Crippen LogP contribution is 2.66. The molecule has 0 aromatic rings. The summed E-state index contributed by atoms with van der Waals surface area (Å²) in [7, 11) is 0. The van der Waals surface area contributed by atoms with Crippen molar-refractivity contribution in [3.63, 3.8) is 0 Å². The summed E-state index contributed by atoms with van der Waals surface area (Å²) in [6.07, 6.45) is 14.8. The Balaban J connectivity index is 1.96. The third kappa shape index (κ3) is 2.81. The average molecular weight is 279 g/mol. The summed E-state index contributed by atoms with van der Waals surface area (Å²) in [6.45, 7) is 12.5. The molecule has 118 valence electrons. The number of hydrogen-bond acceptors (Lipinski definition) is 0. The van der Waals surface area contributed by atoms with Gasteiger partial charge in [-0.25, -0.2) is 0 Å². The van der Waals surface area contributed by atoms with Gasteiger partial charge in [0, 0.05) is 0 Å². The molecule has 2 fully saturated rings. The Kier molecular flexibility index (Phi) is 5.24. The number of rotatable bonds is 6. The van der Waals surface area contributed by atoms with Crippen molar-refractivity contribution < 1.29 is 0 Å². The second-order valence-electron chi connectivity index (χ2n) is 8.75. The molecule has 0 amide bonds. The molecule has 2 rings (SSSR count). The minimum Gasteiger partial charge on any atom is -0.0651 e. The first-order valence-electron chi connectivity index (χ1n) is 9.44. The van der Waals surface area contributed by atoms with Crippen molar-refractivity contribution in [2.45, 2.75) is 98.8 Å². The van der Waals surface area contributed by atoms with E-state index in [1.807, 2.05) is 0 Å². The Morgan fingerprint density at radius 1 is 0.950 bits per heavy atom. The van der Waals surface area contributed by atoms with Crippen LogP contribution in [0.4, 0.5) is 0 Å². The van der Waals surface area contributed by atoms with Gasteiger partial charge < -0.3 is 0 Å². The van der Waals surface area contributed by atoms with Gasteiger partial charge in [-0.3, -0.25) is 0 Å². The van der Waals surface area contributed by atoms with Crippen molar-refractivity contribution in [1.82, 2.24) is 0 Å². The molecule has 0 nitrogen and oxygen atoms in total. The summed E-state index contributed by atoms with van der Waals surface area (Å²) < 4.78 is 0. The van der Waals surface area contributed by atoms with E-state index in [0.717, 1.165) is 17.8 Å². The molecule has 0 heterocycles. The quantitative estimate of drug-likeness (QED) is 0.467. The zero-order chi connectivity index (χ0) is 14.8. The van der Waals surface area contributed by atoms with Crippen molar-refractivity contribution in [2.75, 3.05) is 0 Å². The Hall–Kier alpha value is 0. The van der Waals surface area contributed by atoms with Crippen LogP contribution in [0.5, 0.6) is 0 Å². The van der Waals surface area contributed by atoms with Crippen LogP contribution in [0.15, 0.2) is 0 Å². The Bertz CT molecular complexity index is 305. The van der Waals surface area contributed by atoms with Gasteiger partial charge in [-0.2, -0.15) is 0 Å². The molecular formula is C20H38. The van der Waals surface area contributed by atoms with E-state index in [1.165, 1.54) is 64.2 Å². The van der Waals surface area contributed by atoms with E-state index >= 15 is 0 Å². The van der Waals surface area contributed by atoms with Gasteiger partial charge in [-0.1, -0.05) is 66.7 Å². The van der Waals surface area contributed by atoms with E-state index in [-0.39, 0.29) is 0 Å². The summed E-state index contributed by atoms with van der Waals surface area (Å²) in [5, 5.41) is 0. The third-order valence-electron chi connectivity index (χ3n) is 7.44. The topological polar surface area (TPSA) is 0 Å². The molecule has 2 saturated carbocycles. The zero-order valence-electron chi connectivity index (χ0n) is 14.8. The lowest BCUT2D eigenvalue weighted by Crippen LogP contribution is -2.45. The fourth-order valence-electron chi connectivity index (χ4n) is 5.80. The Labute approximate surface area is 128 Å². The van der Waals surface area contributed by atoms with Crippen LogP contribution in [0.3, 0.4) is 0 Å². The largest absolute Gasteiger partial charge is 0.0651 e. The SMILES string of the molecule is CCC1CCC[C@@]2(C)C(CCCCC(C)C)CCC12C. The van der Waals surface area contributed by atoms with Gasteiger partial charge in [0.15, 0.2) is 0 Å². The maximum absolute atomic E-state index is 2.66. The maximum Gasteiger partial charge on any atom is -0.0241 e. The second-order valence-corrected chi connectivity index (χ2v) is 8.75. The lowest BCUT2D eigenvalue weighted by Gasteiger charge is -2.53. The summed E-state index contributed by atoms with van der Waals surface area (Å²) in [4.78, 5) is 0. The van der Waals surface area contributed by atoms with Crippen molar-refractivity contribution >= 4 is 0 Å². The van der Waals surface area contributed by atoms with Crippen molar-refractivity contribution in [2.24, 2.45) is 28.6 Å². The smallest absolute Gasteiger partial charge is 0.0241 e. The van der Waals surface area contributed by atoms with E-state index in [4.69, 9.17) is 0 Å². The molecule has 0 heteroatoms. The van der Waals surface area contributed by atoms with Gasteiger partial charge in [0.2, 0.25) is 0 Å². The van der Waals surface area contributed by atoms with Gasteiger partial charge in [-0.15, -0.1) is 0 Å². The maximum atomic E-state index is 2.66. The molecule has 0 spiro atoms. The zero-order valence-corrected chi connectivity index (χ0v) is 14.8. The lowest BCUT2D eigenvalue weighted by atomic mass is 9.52. The molecule has 2 aliphatic rings.